The zero-order valence-electron chi connectivity index (χ0n) is 13.5. The molecule has 1 aromatic carbocycles. The van der Waals surface area contributed by atoms with E-state index < -0.39 is 0 Å². The maximum Gasteiger partial charge on any atom is 0.239 e. The predicted molar refractivity (Wildman–Crippen MR) is 93.4 cm³/mol. The van der Waals surface area contributed by atoms with Gasteiger partial charge in [0.05, 0.1) is 6.04 Å². The third-order valence-electron chi connectivity index (χ3n) is 4.89. The standard InChI is InChI=1S/C18H26N2O2S/c19-17(15-7-10-22-11-8-15)18(21)20-9-6-14(12-20)13-23-16-4-2-1-3-5-16/h1-5,14-15,17H,6-13,19H2. The molecule has 5 heteroatoms. The van der Waals surface area contributed by atoms with Crippen molar-refractivity contribution in [2.45, 2.75) is 30.2 Å². The van der Waals surface area contributed by atoms with Crippen molar-refractivity contribution < 1.29 is 9.53 Å². The van der Waals surface area contributed by atoms with Gasteiger partial charge in [-0.15, -0.1) is 11.8 Å². The van der Waals surface area contributed by atoms with Crippen LogP contribution in [0, 0.1) is 11.8 Å². The second kappa shape index (κ2) is 8.18. The minimum Gasteiger partial charge on any atom is -0.381 e. The lowest BCUT2D eigenvalue weighted by Crippen LogP contribution is -2.48. The first kappa shape index (κ1) is 16.8. The Kier molecular flexibility index (Phi) is 5.97. The van der Waals surface area contributed by atoms with Crippen LogP contribution in [-0.2, 0) is 9.53 Å². The van der Waals surface area contributed by atoms with Crippen molar-refractivity contribution in [3.8, 4) is 0 Å². The van der Waals surface area contributed by atoms with Crippen molar-refractivity contribution in [3.05, 3.63) is 30.3 Å². The Morgan fingerprint density at radius 2 is 2.00 bits per heavy atom. The van der Waals surface area contributed by atoms with Gasteiger partial charge in [0.2, 0.25) is 5.91 Å². The number of rotatable bonds is 5. The van der Waals surface area contributed by atoms with E-state index in [0.29, 0.717) is 5.92 Å². The van der Waals surface area contributed by atoms with E-state index in [1.165, 1.54) is 4.90 Å². The number of amides is 1. The monoisotopic (exact) mass is 334 g/mol. The summed E-state index contributed by atoms with van der Waals surface area (Å²) >= 11 is 1.88. The fourth-order valence-corrected chi connectivity index (χ4v) is 4.44. The summed E-state index contributed by atoms with van der Waals surface area (Å²) < 4.78 is 5.36. The molecular formula is C18H26N2O2S. The summed E-state index contributed by atoms with van der Waals surface area (Å²) in [5, 5.41) is 0. The van der Waals surface area contributed by atoms with E-state index in [9.17, 15) is 4.79 Å². The molecule has 2 saturated heterocycles. The number of hydrogen-bond donors (Lipinski definition) is 1. The van der Waals surface area contributed by atoms with Crippen LogP contribution in [0.4, 0.5) is 0 Å². The molecule has 1 amide bonds. The first-order chi connectivity index (χ1) is 11.2. The summed E-state index contributed by atoms with van der Waals surface area (Å²) in [6.07, 6.45) is 2.91. The summed E-state index contributed by atoms with van der Waals surface area (Å²) in [5.41, 5.74) is 6.23. The van der Waals surface area contributed by atoms with E-state index in [4.69, 9.17) is 10.5 Å². The van der Waals surface area contributed by atoms with Crippen LogP contribution in [0.25, 0.3) is 0 Å². The first-order valence-corrected chi connectivity index (χ1v) is 9.52. The molecule has 1 aromatic rings. The lowest BCUT2D eigenvalue weighted by atomic mass is 9.91. The van der Waals surface area contributed by atoms with E-state index in [0.717, 1.165) is 51.3 Å². The van der Waals surface area contributed by atoms with Crippen LogP contribution >= 0.6 is 11.8 Å². The van der Waals surface area contributed by atoms with Crippen LogP contribution in [-0.4, -0.2) is 48.9 Å². The Morgan fingerprint density at radius 3 is 2.74 bits per heavy atom. The molecule has 126 valence electrons. The third kappa shape index (κ3) is 4.49. The normalized spacial score (nSPS) is 23.9. The van der Waals surface area contributed by atoms with Gasteiger partial charge in [0.15, 0.2) is 0 Å². The molecule has 2 aliphatic rings. The highest BCUT2D eigenvalue weighted by molar-refractivity contribution is 7.99. The van der Waals surface area contributed by atoms with Gasteiger partial charge < -0.3 is 15.4 Å². The van der Waals surface area contributed by atoms with Crippen molar-refractivity contribution in [1.82, 2.24) is 4.90 Å². The molecule has 0 aliphatic carbocycles. The molecular weight excluding hydrogens is 308 g/mol. The fraction of sp³-hybridized carbons (Fsp3) is 0.611. The Morgan fingerprint density at radius 1 is 1.26 bits per heavy atom. The van der Waals surface area contributed by atoms with Crippen LogP contribution in [0.3, 0.4) is 0 Å². The van der Waals surface area contributed by atoms with Crippen LogP contribution in [0.15, 0.2) is 35.2 Å². The molecule has 0 radical (unpaired) electrons. The lowest BCUT2D eigenvalue weighted by molar-refractivity contribution is -0.133. The highest BCUT2D eigenvalue weighted by Gasteiger charge is 2.33. The number of benzene rings is 1. The maximum atomic E-state index is 12.6. The fourth-order valence-electron chi connectivity index (χ4n) is 3.39. The van der Waals surface area contributed by atoms with Crippen molar-refractivity contribution in [2.24, 2.45) is 17.6 Å². The molecule has 3 rings (SSSR count). The van der Waals surface area contributed by atoms with Gasteiger partial charge in [-0.05, 0) is 43.2 Å². The summed E-state index contributed by atoms with van der Waals surface area (Å²) in [6.45, 7) is 3.19. The van der Waals surface area contributed by atoms with Gasteiger partial charge in [-0.2, -0.15) is 0 Å². The van der Waals surface area contributed by atoms with Gasteiger partial charge in [0, 0.05) is 37.0 Å². The molecule has 4 nitrogen and oxygen atoms in total. The van der Waals surface area contributed by atoms with Crippen molar-refractivity contribution >= 4 is 17.7 Å². The molecule has 2 atom stereocenters. The number of hydrogen-bond acceptors (Lipinski definition) is 4. The van der Waals surface area contributed by atoms with Crippen molar-refractivity contribution in [3.63, 3.8) is 0 Å². The van der Waals surface area contributed by atoms with Gasteiger partial charge >= 0.3 is 0 Å². The Balaban J connectivity index is 1.46. The Hall–Kier alpha value is -1.04. The Labute approximate surface area is 142 Å². The summed E-state index contributed by atoms with van der Waals surface area (Å²) in [6, 6.07) is 10.1. The predicted octanol–water partition coefficient (Wildman–Crippen LogP) is 2.38. The highest BCUT2D eigenvalue weighted by atomic mass is 32.2. The number of carbonyl (C=O) groups is 1. The number of thioether (sulfide) groups is 1. The molecule has 2 N–H and O–H groups in total. The van der Waals surface area contributed by atoms with Gasteiger partial charge in [0.1, 0.15) is 0 Å². The minimum absolute atomic E-state index is 0.143. The molecule has 0 bridgehead atoms. The maximum absolute atomic E-state index is 12.6. The second-order valence-electron chi connectivity index (χ2n) is 6.54. The lowest BCUT2D eigenvalue weighted by Gasteiger charge is -2.29. The van der Waals surface area contributed by atoms with Crippen LogP contribution in [0.5, 0.6) is 0 Å². The first-order valence-electron chi connectivity index (χ1n) is 8.54. The summed E-state index contributed by atoms with van der Waals surface area (Å²) in [4.78, 5) is 15.9. The third-order valence-corrected chi connectivity index (χ3v) is 6.13. The van der Waals surface area contributed by atoms with Gasteiger partial charge in [0.25, 0.3) is 0 Å². The quantitative estimate of drug-likeness (QED) is 0.840. The van der Waals surface area contributed by atoms with E-state index in [2.05, 4.69) is 24.3 Å². The largest absolute Gasteiger partial charge is 0.381 e. The van der Waals surface area contributed by atoms with Crippen molar-refractivity contribution in [1.29, 1.82) is 0 Å². The smallest absolute Gasteiger partial charge is 0.239 e. The van der Waals surface area contributed by atoms with Crippen LogP contribution in [0.2, 0.25) is 0 Å². The van der Waals surface area contributed by atoms with Gasteiger partial charge in [-0.25, -0.2) is 0 Å². The average molecular weight is 334 g/mol. The molecule has 0 saturated carbocycles. The van der Waals surface area contributed by atoms with E-state index in [1.807, 2.05) is 22.7 Å². The minimum atomic E-state index is -0.348. The molecule has 2 aliphatic heterocycles. The summed E-state index contributed by atoms with van der Waals surface area (Å²) in [5.74, 6) is 2.07. The molecule has 0 aromatic heterocycles. The molecule has 2 heterocycles. The number of likely N-dealkylation sites (tertiary alicyclic amines) is 1. The number of ether oxygens (including phenoxy) is 1. The number of nitrogens with zero attached hydrogens (tertiary/aromatic N) is 1. The zero-order valence-corrected chi connectivity index (χ0v) is 14.3. The second-order valence-corrected chi connectivity index (χ2v) is 7.63. The zero-order chi connectivity index (χ0) is 16.1. The number of carbonyl (C=O) groups excluding carboxylic acids is 1. The van der Waals surface area contributed by atoms with E-state index >= 15 is 0 Å². The molecule has 2 fully saturated rings. The topological polar surface area (TPSA) is 55.6 Å². The number of nitrogens with two attached hydrogens (primary N) is 1. The van der Waals surface area contributed by atoms with Crippen LogP contribution < -0.4 is 5.73 Å². The summed E-state index contributed by atoms with van der Waals surface area (Å²) in [7, 11) is 0. The van der Waals surface area contributed by atoms with Gasteiger partial charge in [-0.1, -0.05) is 18.2 Å². The van der Waals surface area contributed by atoms with E-state index in [1.54, 1.807) is 0 Å². The van der Waals surface area contributed by atoms with E-state index in [-0.39, 0.29) is 17.9 Å². The Bertz CT molecular complexity index is 505. The van der Waals surface area contributed by atoms with Crippen LogP contribution in [0.1, 0.15) is 19.3 Å². The average Bonchev–Trinajstić information content (AvgIpc) is 3.09. The van der Waals surface area contributed by atoms with Crippen molar-refractivity contribution in [2.75, 3.05) is 32.1 Å². The highest BCUT2D eigenvalue weighted by Crippen LogP contribution is 2.27. The van der Waals surface area contributed by atoms with Gasteiger partial charge in [-0.3, -0.25) is 4.79 Å². The molecule has 2 unspecified atom stereocenters. The molecule has 23 heavy (non-hydrogen) atoms. The molecule has 0 spiro atoms. The SMILES string of the molecule is NC(C(=O)N1CCC(CSc2ccccc2)C1)C1CCOCC1.